The average Bonchev–Trinajstić information content (AvgIpc) is 2.28. The third kappa shape index (κ3) is 3.52. The van der Waals surface area contributed by atoms with Gasteiger partial charge in [-0.3, -0.25) is 4.79 Å². The standard InChI is InChI=1S/C14H19F2NO/c1-8(2)10-5-6-12(11(7-10)9(3)4)17-14(18)13(15)16/h5-9,13H,1-4H3,(H,17,18). The average molecular weight is 255 g/mol. The number of rotatable bonds is 4. The first-order valence-electron chi connectivity index (χ1n) is 6.05. The molecule has 0 saturated heterocycles. The number of amides is 1. The zero-order valence-electron chi connectivity index (χ0n) is 11.1. The molecule has 0 spiro atoms. The van der Waals surface area contributed by atoms with E-state index < -0.39 is 12.3 Å². The number of alkyl halides is 2. The van der Waals surface area contributed by atoms with Crippen LogP contribution in [-0.2, 0) is 4.79 Å². The first-order valence-corrected chi connectivity index (χ1v) is 6.05. The minimum Gasteiger partial charge on any atom is -0.321 e. The van der Waals surface area contributed by atoms with Gasteiger partial charge in [0, 0.05) is 5.69 Å². The molecule has 0 bridgehead atoms. The maximum Gasteiger partial charge on any atom is 0.315 e. The van der Waals surface area contributed by atoms with Gasteiger partial charge in [0.25, 0.3) is 5.91 Å². The van der Waals surface area contributed by atoms with E-state index in [2.05, 4.69) is 19.2 Å². The normalized spacial score (nSPS) is 11.4. The van der Waals surface area contributed by atoms with E-state index in [4.69, 9.17) is 0 Å². The molecule has 0 heterocycles. The molecule has 0 aliphatic rings. The second-order valence-corrected chi connectivity index (χ2v) is 4.95. The molecule has 1 amide bonds. The minimum atomic E-state index is -2.99. The molecule has 0 radical (unpaired) electrons. The summed E-state index contributed by atoms with van der Waals surface area (Å²) in [5.74, 6) is -0.729. The lowest BCUT2D eigenvalue weighted by Crippen LogP contribution is -2.21. The molecule has 0 unspecified atom stereocenters. The van der Waals surface area contributed by atoms with Crippen LogP contribution in [0.1, 0.15) is 50.7 Å². The molecule has 0 atom stereocenters. The van der Waals surface area contributed by atoms with E-state index in [9.17, 15) is 13.6 Å². The highest BCUT2D eigenvalue weighted by Crippen LogP contribution is 2.28. The van der Waals surface area contributed by atoms with Gasteiger partial charge in [0.1, 0.15) is 0 Å². The topological polar surface area (TPSA) is 29.1 Å². The van der Waals surface area contributed by atoms with Gasteiger partial charge in [-0.25, -0.2) is 0 Å². The van der Waals surface area contributed by atoms with Crippen molar-refractivity contribution >= 4 is 11.6 Å². The van der Waals surface area contributed by atoms with Crippen LogP contribution >= 0.6 is 0 Å². The largest absolute Gasteiger partial charge is 0.321 e. The Kier molecular flexibility index (Phi) is 4.82. The van der Waals surface area contributed by atoms with Crippen LogP contribution in [0.3, 0.4) is 0 Å². The summed E-state index contributed by atoms with van der Waals surface area (Å²) in [5.41, 5.74) is 2.49. The Labute approximate surface area is 106 Å². The van der Waals surface area contributed by atoms with Gasteiger partial charge in [0.2, 0.25) is 0 Å². The molecule has 2 nitrogen and oxygen atoms in total. The quantitative estimate of drug-likeness (QED) is 0.860. The summed E-state index contributed by atoms with van der Waals surface area (Å²) in [6, 6.07) is 5.53. The monoisotopic (exact) mass is 255 g/mol. The molecular weight excluding hydrogens is 236 g/mol. The highest BCUT2D eigenvalue weighted by Gasteiger charge is 2.18. The summed E-state index contributed by atoms with van der Waals surface area (Å²) >= 11 is 0. The molecule has 0 aromatic heterocycles. The summed E-state index contributed by atoms with van der Waals surface area (Å²) in [6.07, 6.45) is -2.99. The van der Waals surface area contributed by atoms with E-state index in [1.54, 1.807) is 6.07 Å². The maximum atomic E-state index is 12.2. The molecule has 1 N–H and O–H groups in total. The van der Waals surface area contributed by atoms with Crippen LogP contribution in [-0.4, -0.2) is 12.3 Å². The second kappa shape index (κ2) is 5.94. The lowest BCUT2D eigenvalue weighted by atomic mass is 9.94. The number of nitrogens with one attached hydrogen (secondary N) is 1. The third-order valence-corrected chi connectivity index (χ3v) is 2.82. The highest BCUT2D eigenvalue weighted by atomic mass is 19.3. The Bertz CT molecular complexity index is 428. The van der Waals surface area contributed by atoms with E-state index in [0.29, 0.717) is 11.6 Å². The number of hydrogen-bond acceptors (Lipinski definition) is 1. The summed E-state index contributed by atoms with van der Waals surface area (Å²) in [6.45, 7) is 8.07. The van der Waals surface area contributed by atoms with Crippen molar-refractivity contribution < 1.29 is 13.6 Å². The van der Waals surface area contributed by atoms with Gasteiger partial charge in [-0.2, -0.15) is 8.78 Å². The van der Waals surface area contributed by atoms with Crippen molar-refractivity contribution in [2.75, 3.05) is 5.32 Å². The van der Waals surface area contributed by atoms with Crippen LogP contribution in [0, 0.1) is 0 Å². The van der Waals surface area contributed by atoms with Crippen molar-refractivity contribution in [3.05, 3.63) is 29.3 Å². The van der Waals surface area contributed by atoms with Gasteiger partial charge in [-0.1, -0.05) is 39.8 Å². The zero-order valence-corrected chi connectivity index (χ0v) is 11.1. The van der Waals surface area contributed by atoms with Gasteiger partial charge >= 0.3 is 6.43 Å². The first kappa shape index (κ1) is 14.6. The van der Waals surface area contributed by atoms with E-state index >= 15 is 0 Å². The minimum absolute atomic E-state index is 0.164. The zero-order chi connectivity index (χ0) is 13.9. The van der Waals surface area contributed by atoms with Crippen LogP contribution in [0.15, 0.2) is 18.2 Å². The van der Waals surface area contributed by atoms with Crippen molar-refractivity contribution in [1.29, 1.82) is 0 Å². The van der Waals surface area contributed by atoms with Crippen molar-refractivity contribution in [3.63, 3.8) is 0 Å². The Morgan fingerprint density at radius 3 is 2.17 bits per heavy atom. The third-order valence-electron chi connectivity index (χ3n) is 2.82. The van der Waals surface area contributed by atoms with Gasteiger partial charge in [-0.05, 0) is 29.0 Å². The number of anilines is 1. The van der Waals surface area contributed by atoms with Crippen LogP contribution in [0.2, 0.25) is 0 Å². The van der Waals surface area contributed by atoms with Gasteiger partial charge in [0.15, 0.2) is 0 Å². The van der Waals surface area contributed by atoms with E-state index in [-0.39, 0.29) is 5.92 Å². The highest BCUT2D eigenvalue weighted by molar-refractivity contribution is 5.93. The van der Waals surface area contributed by atoms with Crippen molar-refractivity contribution in [1.82, 2.24) is 0 Å². The summed E-state index contributed by atoms with van der Waals surface area (Å²) in [4.78, 5) is 11.0. The van der Waals surface area contributed by atoms with Crippen LogP contribution in [0.4, 0.5) is 14.5 Å². The fraction of sp³-hybridized carbons (Fsp3) is 0.500. The molecule has 0 aliphatic heterocycles. The molecule has 1 aromatic carbocycles. The molecule has 18 heavy (non-hydrogen) atoms. The molecule has 1 aromatic rings. The van der Waals surface area contributed by atoms with E-state index in [1.807, 2.05) is 26.0 Å². The SMILES string of the molecule is CC(C)c1ccc(NC(=O)C(F)F)c(C(C)C)c1. The molecular formula is C14H19F2NO. The van der Waals surface area contributed by atoms with Crippen molar-refractivity contribution in [3.8, 4) is 0 Å². The van der Waals surface area contributed by atoms with Gasteiger partial charge in [-0.15, -0.1) is 0 Å². The Hall–Kier alpha value is -1.45. The molecule has 4 heteroatoms. The fourth-order valence-corrected chi connectivity index (χ4v) is 1.72. The number of hydrogen-bond donors (Lipinski definition) is 1. The van der Waals surface area contributed by atoms with Crippen LogP contribution < -0.4 is 5.32 Å². The molecule has 0 fully saturated rings. The van der Waals surface area contributed by atoms with Crippen molar-refractivity contribution in [2.24, 2.45) is 0 Å². The predicted octanol–water partition coefficient (Wildman–Crippen LogP) is 4.14. The number of carbonyl (C=O) groups excluding carboxylic acids is 1. The maximum absolute atomic E-state index is 12.2. The molecule has 100 valence electrons. The fourth-order valence-electron chi connectivity index (χ4n) is 1.72. The van der Waals surface area contributed by atoms with Crippen LogP contribution in [0.25, 0.3) is 0 Å². The lowest BCUT2D eigenvalue weighted by Gasteiger charge is -2.16. The van der Waals surface area contributed by atoms with Gasteiger partial charge in [0.05, 0.1) is 0 Å². The van der Waals surface area contributed by atoms with Crippen molar-refractivity contribution in [2.45, 2.75) is 46.0 Å². The summed E-state index contributed by atoms with van der Waals surface area (Å²) in [5, 5.41) is 2.27. The Morgan fingerprint density at radius 2 is 1.72 bits per heavy atom. The summed E-state index contributed by atoms with van der Waals surface area (Å²) < 4.78 is 24.5. The molecule has 0 aliphatic carbocycles. The Balaban J connectivity index is 3.08. The number of benzene rings is 1. The number of carbonyl (C=O) groups is 1. The first-order chi connectivity index (χ1) is 8.32. The van der Waals surface area contributed by atoms with E-state index in [1.165, 1.54) is 0 Å². The smallest absolute Gasteiger partial charge is 0.315 e. The predicted molar refractivity (Wildman–Crippen MR) is 69.3 cm³/mol. The lowest BCUT2D eigenvalue weighted by molar-refractivity contribution is -0.126. The molecule has 0 saturated carbocycles. The second-order valence-electron chi connectivity index (χ2n) is 4.95. The number of halogens is 2. The van der Waals surface area contributed by atoms with Crippen LogP contribution in [0.5, 0.6) is 0 Å². The summed E-state index contributed by atoms with van der Waals surface area (Å²) in [7, 11) is 0. The van der Waals surface area contributed by atoms with E-state index in [0.717, 1.165) is 11.1 Å². The molecule has 1 rings (SSSR count). The van der Waals surface area contributed by atoms with Gasteiger partial charge < -0.3 is 5.32 Å². The Morgan fingerprint density at radius 1 is 1.11 bits per heavy atom.